The molecule has 1 spiro atoms. The SMILES string of the molecule is COc1ccc2c(c1)C1(SCCN1C(=O)Nc1ccc(Cl)cc1)C(=O)N2Cc1cccc(C(F)(F)F)c1. The molecule has 1 atom stereocenters. The van der Waals surface area contributed by atoms with Gasteiger partial charge in [-0.1, -0.05) is 23.7 Å². The Kier molecular flexibility index (Phi) is 6.49. The molecule has 3 aromatic rings. The van der Waals surface area contributed by atoms with Crippen molar-refractivity contribution in [2.45, 2.75) is 17.6 Å². The van der Waals surface area contributed by atoms with Gasteiger partial charge in [0, 0.05) is 28.6 Å². The van der Waals surface area contributed by atoms with E-state index in [1.807, 2.05) is 0 Å². The van der Waals surface area contributed by atoms with Crippen LogP contribution in [-0.4, -0.2) is 36.2 Å². The molecule has 3 amide bonds. The highest BCUT2D eigenvalue weighted by Crippen LogP contribution is 2.55. The fourth-order valence-corrected chi connectivity index (χ4v) is 6.21. The summed E-state index contributed by atoms with van der Waals surface area (Å²) in [7, 11) is 1.50. The summed E-state index contributed by atoms with van der Waals surface area (Å²) in [5.41, 5.74) is 1.11. The first-order chi connectivity index (χ1) is 17.6. The van der Waals surface area contributed by atoms with Crippen LogP contribution >= 0.6 is 23.4 Å². The van der Waals surface area contributed by atoms with Crippen LogP contribution in [-0.2, 0) is 22.4 Å². The molecule has 0 bridgehead atoms. The van der Waals surface area contributed by atoms with Crippen LogP contribution in [0, 0.1) is 0 Å². The van der Waals surface area contributed by atoms with Gasteiger partial charge < -0.3 is 15.0 Å². The predicted octanol–water partition coefficient (Wildman–Crippen LogP) is 6.35. The maximum Gasteiger partial charge on any atom is 0.416 e. The van der Waals surface area contributed by atoms with E-state index in [1.54, 1.807) is 48.5 Å². The van der Waals surface area contributed by atoms with Gasteiger partial charge in [-0.25, -0.2) is 4.79 Å². The van der Waals surface area contributed by atoms with E-state index in [1.165, 1.54) is 34.7 Å². The minimum absolute atomic E-state index is 0.0863. The molecule has 0 aromatic heterocycles. The molecule has 192 valence electrons. The van der Waals surface area contributed by atoms with Gasteiger partial charge >= 0.3 is 12.2 Å². The minimum atomic E-state index is -4.50. The van der Waals surface area contributed by atoms with Crippen molar-refractivity contribution < 1.29 is 27.5 Å². The number of carbonyl (C=O) groups excluding carboxylic acids is 2. The number of hydrogen-bond donors (Lipinski definition) is 1. The Morgan fingerprint density at radius 2 is 1.89 bits per heavy atom. The Hall–Kier alpha value is -3.37. The van der Waals surface area contributed by atoms with Crippen LogP contribution in [0.15, 0.2) is 66.7 Å². The van der Waals surface area contributed by atoms with Crippen molar-refractivity contribution in [2.24, 2.45) is 0 Å². The molecule has 2 aliphatic rings. The molecular weight excluding hydrogens is 527 g/mol. The first-order valence-corrected chi connectivity index (χ1v) is 12.6. The molecule has 11 heteroatoms. The monoisotopic (exact) mass is 547 g/mol. The highest BCUT2D eigenvalue weighted by molar-refractivity contribution is 8.01. The van der Waals surface area contributed by atoms with Crippen molar-refractivity contribution in [2.75, 3.05) is 29.6 Å². The summed E-state index contributed by atoms with van der Waals surface area (Å²) in [6.45, 7) is 0.209. The predicted molar refractivity (Wildman–Crippen MR) is 137 cm³/mol. The molecule has 1 saturated heterocycles. The number of carbonyl (C=O) groups is 2. The average molecular weight is 548 g/mol. The molecule has 3 aromatic carbocycles. The number of benzene rings is 3. The van der Waals surface area contributed by atoms with Crippen molar-refractivity contribution in [1.82, 2.24) is 4.90 Å². The first kappa shape index (κ1) is 25.3. The van der Waals surface area contributed by atoms with Crippen LogP contribution in [0.3, 0.4) is 0 Å². The van der Waals surface area contributed by atoms with Gasteiger partial charge in [0.05, 0.1) is 24.9 Å². The summed E-state index contributed by atoms with van der Waals surface area (Å²) in [5.74, 6) is 0.590. The number of ether oxygens (including phenoxy) is 1. The second-order valence-corrected chi connectivity index (χ2v) is 10.3. The zero-order valence-corrected chi connectivity index (χ0v) is 21.1. The molecule has 0 radical (unpaired) electrons. The number of fused-ring (bicyclic) bond motifs is 2. The molecule has 1 N–H and O–H groups in total. The molecule has 2 heterocycles. The molecule has 6 nitrogen and oxygen atoms in total. The van der Waals surface area contributed by atoms with Gasteiger partial charge in [0.15, 0.2) is 4.87 Å². The maximum absolute atomic E-state index is 14.1. The summed E-state index contributed by atoms with van der Waals surface area (Å²) in [6.07, 6.45) is -4.50. The Morgan fingerprint density at radius 3 is 2.59 bits per heavy atom. The molecule has 5 rings (SSSR count). The number of rotatable bonds is 4. The Morgan fingerprint density at radius 1 is 1.14 bits per heavy atom. The van der Waals surface area contributed by atoms with E-state index >= 15 is 0 Å². The third kappa shape index (κ3) is 4.48. The Bertz CT molecular complexity index is 1370. The van der Waals surface area contributed by atoms with E-state index in [-0.39, 0.29) is 6.54 Å². The lowest BCUT2D eigenvalue weighted by Gasteiger charge is -2.33. The van der Waals surface area contributed by atoms with Crippen molar-refractivity contribution >= 4 is 46.7 Å². The zero-order valence-electron chi connectivity index (χ0n) is 19.5. The van der Waals surface area contributed by atoms with Gasteiger partial charge in [0.25, 0.3) is 5.91 Å². The number of nitrogens with one attached hydrogen (secondary N) is 1. The van der Waals surface area contributed by atoms with Crippen LogP contribution in [0.25, 0.3) is 0 Å². The fourth-order valence-electron chi connectivity index (χ4n) is 4.63. The second-order valence-electron chi connectivity index (χ2n) is 8.55. The number of methoxy groups -OCH3 is 1. The third-order valence-electron chi connectivity index (χ3n) is 6.34. The zero-order chi connectivity index (χ0) is 26.4. The quantitative estimate of drug-likeness (QED) is 0.413. The van der Waals surface area contributed by atoms with Gasteiger partial charge in [0.1, 0.15) is 5.75 Å². The molecule has 2 aliphatic heterocycles. The number of hydrogen-bond acceptors (Lipinski definition) is 4. The van der Waals surface area contributed by atoms with Crippen LogP contribution in [0.4, 0.5) is 29.3 Å². The number of nitrogens with zero attached hydrogens (tertiary/aromatic N) is 2. The van der Waals surface area contributed by atoms with Crippen molar-refractivity contribution in [1.29, 1.82) is 0 Å². The molecule has 1 unspecified atom stereocenters. The number of thioether (sulfide) groups is 1. The van der Waals surface area contributed by atoms with Gasteiger partial charge in [0.2, 0.25) is 0 Å². The lowest BCUT2D eigenvalue weighted by Crippen LogP contribution is -2.51. The topological polar surface area (TPSA) is 61.9 Å². The van der Waals surface area contributed by atoms with Crippen LogP contribution < -0.4 is 15.0 Å². The van der Waals surface area contributed by atoms with Crippen molar-refractivity contribution in [3.05, 3.63) is 88.4 Å². The molecule has 0 saturated carbocycles. The Balaban J connectivity index is 1.53. The Labute approximate surface area is 220 Å². The van der Waals surface area contributed by atoms with Crippen LogP contribution in [0.5, 0.6) is 5.75 Å². The largest absolute Gasteiger partial charge is 0.497 e. The van der Waals surface area contributed by atoms with E-state index < -0.39 is 28.5 Å². The number of amides is 3. The number of urea groups is 1. The van der Waals surface area contributed by atoms with Gasteiger partial charge in [-0.3, -0.25) is 9.69 Å². The summed E-state index contributed by atoms with van der Waals surface area (Å²) in [4.78, 5) is 29.0. The van der Waals surface area contributed by atoms with E-state index in [2.05, 4.69) is 5.32 Å². The fraction of sp³-hybridized carbons (Fsp3) is 0.231. The molecule has 37 heavy (non-hydrogen) atoms. The van der Waals surface area contributed by atoms with Crippen LogP contribution in [0.2, 0.25) is 5.02 Å². The minimum Gasteiger partial charge on any atom is -0.497 e. The first-order valence-electron chi connectivity index (χ1n) is 11.3. The van der Waals surface area contributed by atoms with E-state index in [4.69, 9.17) is 16.3 Å². The summed E-state index contributed by atoms with van der Waals surface area (Å²) in [5, 5.41) is 3.34. The smallest absolute Gasteiger partial charge is 0.416 e. The standard InChI is InChI=1S/C26H21ClF3N3O3S/c1-36-20-9-10-22-21(14-20)25(23(34)32(22)15-16-3-2-4-17(13-16)26(28,29)30)33(11-12-37-25)24(35)31-19-7-5-18(27)6-8-19/h2-10,13-14H,11-12,15H2,1H3,(H,31,35). The van der Waals surface area contributed by atoms with E-state index in [0.29, 0.717) is 45.6 Å². The van der Waals surface area contributed by atoms with Crippen molar-refractivity contribution in [3.63, 3.8) is 0 Å². The summed E-state index contributed by atoms with van der Waals surface area (Å²) < 4.78 is 45.3. The number of anilines is 2. The second kappa shape index (κ2) is 9.50. The number of alkyl halides is 3. The average Bonchev–Trinajstić information content (AvgIpc) is 3.42. The maximum atomic E-state index is 14.1. The lowest BCUT2D eigenvalue weighted by molar-refractivity contribution is -0.137. The van der Waals surface area contributed by atoms with E-state index in [0.717, 1.165) is 12.1 Å². The lowest BCUT2D eigenvalue weighted by atomic mass is 10.1. The third-order valence-corrected chi connectivity index (χ3v) is 8.01. The van der Waals surface area contributed by atoms with E-state index in [9.17, 15) is 22.8 Å². The van der Waals surface area contributed by atoms with Gasteiger partial charge in [-0.15, -0.1) is 11.8 Å². The van der Waals surface area contributed by atoms with Gasteiger partial charge in [-0.2, -0.15) is 13.2 Å². The normalized spacial score (nSPS) is 18.9. The molecule has 0 aliphatic carbocycles. The number of halogens is 4. The molecular formula is C26H21ClF3N3O3S. The highest BCUT2D eigenvalue weighted by Gasteiger charge is 2.59. The van der Waals surface area contributed by atoms with Crippen LogP contribution in [0.1, 0.15) is 16.7 Å². The summed E-state index contributed by atoms with van der Waals surface area (Å²) in [6, 6.07) is 16.1. The summed E-state index contributed by atoms with van der Waals surface area (Å²) >= 11 is 7.25. The van der Waals surface area contributed by atoms with Gasteiger partial charge in [-0.05, 0) is 60.2 Å². The van der Waals surface area contributed by atoms with Crippen molar-refractivity contribution in [3.8, 4) is 5.75 Å². The highest BCUT2D eigenvalue weighted by atomic mass is 35.5. The molecule has 1 fully saturated rings.